The van der Waals surface area contributed by atoms with E-state index >= 15 is 0 Å². The third-order valence-electron chi connectivity index (χ3n) is 3.01. The molecule has 6 heteroatoms. The molecule has 1 heterocycles. The molecule has 1 aromatic carbocycles. The van der Waals surface area contributed by atoms with E-state index in [1.165, 1.54) is 16.7 Å². The molecule has 0 aliphatic carbocycles. The van der Waals surface area contributed by atoms with Crippen molar-refractivity contribution in [3.8, 4) is 0 Å². The maximum Gasteiger partial charge on any atom is 0.244 e. The largest absolute Gasteiger partial charge is 0.325 e. The number of nitrogens with zero attached hydrogens (tertiary/aromatic N) is 1. The number of amides is 2. The summed E-state index contributed by atoms with van der Waals surface area (Å²) in [7, 11) is 0. The molecular weight excluding hydrogens is 292 g/mol. The highest BCUT2D eigenvalue weighted by atomic mass is 32.2. The smallest absolute Gasteiger partial charge is 0.244 e. The van der Waals surface area contributed by atoms with Gasteiger partial charge >= 0.3 is 0 Å². The third-order valence-corrected chi connectivity index (χ3v) is 4.76. The van der Waals surface area contributed by atoms with E-state index < -0.39 is 0 Å². The summed E-state index contributed by atoms with van der Waals surface area (Å²) in [6, 6.07) is 7.51. The highest BCUT2D eigenvalue weighted by Gasteiger charge is 2.36. The Balaban J connectivity index is 1.96. The van der Waals surface area contributed by atoms with Gasteiger partial charge in [-0.1, -0.05) is 48.6 Å². The van der Waals surface area contributed by atoms with Crippen LogP contribution in [-0.4, -0.2) is 32.8 Å². The Bertz CT molecular complexity index is 543. The maximum absolute atomic E-state index is 12.0. The number of benzene rings is 1. The van der Waals surface area contributed by atoms with Crippen LogP contribution in [0.1, 0.15) is 18.9 Å². The Hall–Kier alpha value is -1.40. The first-order valence-corrected chi connectivity index (χ1v) is 7.68. The lowest BCUT2D eigenvalue weighted by atomic mass is 10.2. The van der Waals surface area contributed by atoms with Gasteiger partial charge in [-0.05, 0) is 25.5 Å². The molecule has 1 saturated heterocycles. The van der Waals surface area contributed by atoms with Gasteiger partial charge in [0.1, 0.15) is 10.9 Å². The Morgan fingerprint density at radius 2 is 2.05 bits per heavy atom. The van der Waals surface area contributed by atoms with Crippen molar-refractivity contribution in [3.63, 3.8) is 0 Å². The first kappa shape index (κ1) is 15.0. The van der Waals surface area contributed by atoms with Crippen LogP contribution in [0.25, 0.3) is 0 Å². The predicted octanol–water partition coefficient (Wildman–Crippen LogP) is 2.57. The lowest BCUT2D eigenvalue weighted by Gasteiger charge is -2.15. The maximum atomic E-state index is 12.0. The molecule has 0 bridgehead atoms. The standard InChI is InChI=1S/C14H16N2O2S2/c1-3-11-13(18)16(14(19)20-11)8-12(17)15-10-6-4-9(2)5-7-10/h4-7,11H,3,8H2,1-2H3,(H,15,17)/t11-/m1/s1. The lowest BCUT2D eigenvalue weighted by Crippen LogP contribution is -2.38. The summed E-state index contributed by atoms with van der Waals surface area (Å²) in [6.45, 7) is 3.90. The van der Waals surface area contributed by atoms with Crippen molar-refractivity contribution in [1.82, 2.24) is 4.90 Å². The molecule has 1 fully saturated rings. The zero-order chi connectivity index (χ0) is 14.7. The number of hydrogen-bond acceptors (Lipinski definition) is 4. The second-order valence-electron chi connectivity index (χ2n) is 4.62. The zero-order valence-corrected chi connectivity index (χ0v) is 13.0. The normalized spacial score (nSPS) is 18.5. The number of carbonyl (C=O) groups is 2. The first-order chi connectivity index (χ1) is 9.51. The molecular formula is C14H16N2O2S2. The van der Waals surface area contributed by atoms with E-state index in [0.717, 1.165) is 17.7 Å². The third kappa shape index (κ3) is 3.37. The van der Waals surface area contributed by atoms with Crippen LogP contribution in [-0.2, 0) is 9.59 Å². The molecule has 2 rings (SSSR count). The van der Waals surface area contributed by atoms with Gasteiger partial charge in [-0.2, -0.15) is 0 Å². The summed E-state index contributed by atoms with van der Waals surface area (Å²) in [5.74, 6) is -0.302. The van der Waals surface area contributed by atoms with Crippen molar-refractivity contribution in [2.45, 2.75) is 25.5 Å². The van der Waals surface area contributed by atoms with E-state index in [1.807, 2.05) is 38.1 Å². The number of carbonyl (C=O) groups excluding carboxylic acids is 2. The van der Waals surface area contributed by atoms with E-state index in [2.05, 4.69) is 5.32 Å². The number of rotatable bonds is 4. The van der Waals surface area contributed by atoms with Crippen LogP contribution in [0.4, 0.5) is 5.69 Å². The minimum atomic E-state index is -0.234. The number of aryl methyl sites for hydroxylation is 1. The summed E-state index contributed by atoms with van der Waals surface area (Å²) < 4.78 is 0.487. The van der Waals surface area contributed by atoms with Gasteiger partial charge < -0.3 is 5.32 Å². The van der Waals surface area contributed by atoms with Crippen molar-refractivity contribution < 1.29 is 9.59 Å². The first-order valence-electron chi connectivity index (χ1n) is 6.39. The molecule has 1 aliphatic heterocycles. The fourth-order valence-electron chi connectivity index (χ4n) is 1.88. The Kier molecular flexibility index (Phi) is 4.77. The van der Waals surface area contributed by atoms with Crippen molar-refractivity contribution in [1.29, 1.82) is 0 Å². The quantitative estimate of drug-likeness (QED) is 0.869. The molecule has 1 aromatic rings. The average molecular weight is 308 g/mol. The van der Waals surface area contributed by atoms with Gasteiger partial charge in [-0.3, -0.25) is 14.5 Å². The number of nitrogens with one attached hydrogen (secondary N) is 1. The molecule has 1 atom stereocenters. The van der Waals surface area contributed by atoms with Crippen molar-refractivity contribution in [2.75, 3.05) is 11.9 Å². The number of thioether (sulfide) groups is 1. The monoisotopic (exact) mass is 308 g/mol. The van der Waals surface area contributed by atoms with Crippen LogP contribution >= 0.6 is 24.0 Å². The number of hydrogen-bond donors (Lipinski definition) is 1. The molecule has 0 radical (unpaired) electrons. The van der Waals surface area contributed by atoms with Gasteiger partial charge in [0, 0.05) is 5.69 Å². The fourth-order valence-corrected chi connectivity index (χ4v) is 3.30. The van der Waals surface area contributed by atoms with Crippen molar-refractivity contribution >= 4 is 45.8 Å². The summed E-state index contributed by atoms with van der Waals surface area (Å²) in [5, 5.41) is 2.62. The number of thiocarbonyl (C=S) groups is 1. The second-order valence-corrected chi connectivity index (χ2v) is 6.46. The van der Waals surface area contributed by atoms with Crippen LogP contribution in [0.2, 0.25) is 0 Å². The summed E-state index contributed by atoms with van der Waals surface area (Å²) in [5.41, 5.74) is 1.85. The molecule has 0 aromatic heterocycles. The SMILES string of the molecule is CC[C@H]1SC(=S)N(CC(=O)Nc2ccc(C)cc2)C1=O. The fraction of sp³-hybridized carbons (Fsp3) is 0.357. The summed E-state index contributed by atoms with van der Waals surface area (Å²) in [4.78, 5) is 25.4. The second kappa shape index (κ2) is 6.37. The minimum absolute atomic E-state index is 0.0188. The van der Waals surface area contributed by atoms with Gasteiger partial charge in [0.25, 0.3) is 0 Å². The lowest BCUT2D eigenvalue weighted by molar-refractivity contribution is -0.129. The topological polar surface area (TPSA) is 49.4 Å². The van der Waals surface area contributed by atoms with E-state index in [1.54, 1.807) is 0 Å². The van der Waals surface area contributed by atoms with E-state index in [4.69, 9.17) is 12.2 Å². The molecule has 0 saturated carbocycles. The van der Waals surface area contributed by atoms with Gasteiger partial charge in [0.05, 0.1) is 5.25 Å². The predicted molar refractivity (Wildman–Crippen MR) is 85.8 cm³/mol. The zero-order valence-electron chi connectivity index (χ0n) is 11.4. The van der Waals surface area contributed by atoms with Gasteiger partial charge in [0.2, 0.25) is 11.8 Å². The van der Waals surface area contributed by atoms with Crippen LogP contribution in [0.15, 0.2) is 24.3 Å². The molecule has 4 nitrogen and oxygen atoms in total. The summed E-state index contributed by atoms with van der Waals surface area (Å²) >= 11 is 6.51. The van der Waals surface area contributed by atoms with Crippen molar-refractivity contribution in [2.24, 2.45) is 0 Å². The molecule has 0 spiro atoms. The average Bonchev–Trinajstić information content (AvgIpc) is 2.69. The molecule has 106 valence electrons. The minimum Gasteiger partial charge on any atom is -0.325 e. The Morgan fingerprint density at radius 1 is 1.40 bits per heavy atom. The molecule has 0 unspecified atom stereocenters. The van der Waals surface area contributed by atoms with Crippen LogP contribution < -0.4 is 5.32 Å². The Morgan fingerprint density at radius 3 is 2.60 bits per heavy atom. The van der Waals surface area contributed by atoms with Crippen LogP contribution in [0.3, 0.4) is 0 Å². The highest BCUT2D eigenvalue weighted by molar-refractivity contribution is 8.24. The van der Waals surface area contributed by atoms with Crippen molar-refractivity contribution in [3.05, 3.63) is 29.8 Å². The number of anilines is 1. The molecule has 2 amide bonds. The van der Waals surface area contributed by atoms with Crippen LogP contribution in [0.5, 0.6) is 0 Å². The highest BCUT2D eigenvalue weighted by Crippen LogP contribution is 2.29. The van der Waals surface area contributed by atoms with Gasteiger partial charge in [-0.25, -0.2) is 0 Å². The molecule has 1 N–H and O–H groups in total. The molecule has 20 heavy (non-hydrogen) atoms. The van der Waals surface area contributed by atoms with E-state index in [0.29, 0.717) is 4.32 Å². The van der Waals surface area contributed by atoms with E-state index in [-0.39, 0.29) is 23.6 Å². The van der Waals surface area contributed by atoms with Crippen LogP contribution in [0, 0.1) is 6.92 Å². The van der Waals surface area contributed by atoms with Gasteiger partial charge in [-0.15, -0.1) is 0 Å². The Labute approximate surface area is 127 Å². The van der Waals surface area contributed by atoms with Gasteiger partial charge in [0.15, 0.2) is 0 Å². The molecule has 1 aliphatic rings. The summed E-state index contributed by atoms with van der Waals surface area (Å²) in [6.07, 6.45) is 0.722. The van der Waals surface area contributed by atoms with E-state index in [9.17, 15) is 9.59 Å².